The summed E-state index contributed by atoms with van der Waals surface area (Å²) < 4.78 is 0. The molecule has 2 aliphatic heterocycles. The van der Waals surface area contributed by atoms with Crippen LogP contribution in [0.1, 0.15) is 46.5 Å². The van der Waals surface area contributed by atoms with Crippen molar-refractivity contribution in [2.45, 2.75) is 58.0 Å². The van der Waals surface area contributed by atoms with Gasteiger partial charge in [0, 0.05) is 26.1 Å². The maximum Gasteiger partial charge on any atom is 0.248 e. The maximum atomic E-state index is 12.6. The number of carbonyl (C=O) groups excluding carboxylic acids is 2. The molecule has 2 rings (SSSR count). The summed E-state index contributed by atoms with van der Waals surface area (Å²) in [4.78, 5) is 28.1. The maximum absolute atomic E-state index is 12.6. The van der Waals surface area contributed by atoms with E-state index in [1.54, 1.807) is 6.92 Å². The van der Waals surface area contributed by atoms with Crippen LogP contribution < -0.4 is 0 Å². The average molecular weight is 238 g/mol. The van der Waals surface area contributed by atoms with Gasteiger partial charge in [0.05, 0.1) is 0 Å². The molecule has 0 aromatic rings. The summed E-state index contributed by atoms with van der Waals surface area (Å²) in [6.45, 7) is 7.25. The highest BCUT2D eigenvalue weighted by Crippen LogP contribution is 2.38. The summed E-state index contributed by atoms with van der Waals surface area (Å²) in [5, 5.41) is 0. The minimum absolute atomic E-state index is 0.0430. The molecule has 1 atom stereocenters. The monoisotopic (exact) mass is 238 g/mol. The highest BCUT2D eigenvalue weighted by atomic mass is 16.2. The average Bonchev–Trinajstić information content (AvgIpc) is 2.66. The van der Waals surface area contributed by atoms with Crippen LogP contribution in [0.2, 0.25) is 0 Å². The fourth-order valence-electron chi connectivity index (χ4n) is 3.33. The van der Waals surface area contributed by atoms with Crippen LogP contribution in [0.4, 0.5) is 0 Å². The van der Waals surface area contributed by atoms with Gasteiger partial charge in [-0.3, -0.25) is 9.59 Å². The van der Waals surface area contributed by atoms with Crippen LogP contribution in [0.5, 0.6) is 0 Å². The third kappa shape index (κ3) is 1.83. The van der Waals surface area contributed by atoms with Crippen molar-refractivity contribution in [2.75, 3.05) is 13.1 Å². The normalized spacial score (nSPS) is 29.5. The Kier molecular flexibility index (Phi) is 3.15. The Morgan fingerprint density at radius 1 is 1.24 bits per heavy atom. The van der Waals surface area contributed by atoms with Crippen molar-refractivity contribution in [3.05, 3.63) is 0 Å². The van der Waals surface area contributed by atoms with Crippen molar-refractivity contribution in [1.82, 2.24) is 9.80 Å². The molecule has 2 fully saturated rings. The van der Waals surface area contributed by atoms with Gasteiger partial charge in [-0.1, -0.05) is 0 Å². The van der Waals surface area contributed by atoms with Crippen LogP contribution in [0.3, 0.4) is 0 Å². The molecule has 2 aliphatic rings. The Labute approximate surface area is 103 Å². The Morgan fingerprint density at radius 3 is 2.35 bits per heavy atom. The van der Waals surface area contributed by atoms with Gasteiger partial charge in [-0.15, -0.1) is 0 Å². The van der Waals surface area contributed by atoms with E-state index in [0.717, 1.165) is 38.8 Å². The highest BCUT2D eigenvalue weighted by Gasteiger charge is 2.52. The molecule has 0 bridgehead atoms. The minimum atomic E-state index is -0.506. The van der Waals surface area contributed by atoms with Crippen LogP contribution >= 0.6 is 0 Å². The van der Waals surface area contributed by atoms with Crippen molar-refractivity contribution < 1.29 is 9.59 Å². The van der Waals surface area contributed by atoms with Crippen LogP contribution in [0, 0.1) is 0 Å². The molecule has 2 saturated heterocycles. The van der Waals surface area contributed by atoms with E-state index in [0.29, 0.717) is 0 Å². The van der Waals surface area contributed by atoms with Gasteiger partial charge in [0.15, 0.2) is 0 Å². The zero-order valence-corrected chi connectivity index (χ0v) is 11.0. The first-order chi connectivity index (χ1) is 7.99. The fraction of sp³-hybridized carbons (Fsp3) is 0.846. The molecule has 17 heavy (non-hydrogen) atoms. The second-order valence-electron chi connectivity index (χ2n) is 5.50. The van der Waals surface area contributed by atoms with Gasteiger partial charge in [0.2, 0.25) is 11.8 Å². The number of hydrogen-bond acceptors (Lipinski definition) is 2. The predicted molar refractivity (Wildman–Crippen MR) is 65.4 cm³/mol. The largest absolute Gasteiger partial charge is 0.338 e. The van der Waals surface area contributed by atoms with E-state index in [1.165, 1.54) is 0 Å². The molecule has 0 saturated carbocycles. The second-order valence-corrected chi connectivity index (χ2v) is 5.50. The molecular formula is C13H22N2O2. The lowest BCUT2D eigenvalue weighted by Gasteiger charge is -2.45. The lowest BCUT2D eigenvalue weighted by molar-refractivity contribution is -0.156. The first-order valence-electron chi connectivity index (χ1n) is 6.58. The van der Waals surface area contributed by atoms with Gasteiger partial charge >= 0.3 is 0 Å². The third-order valence-corrected chi connectivity index (χ3v) is 4.14. The Balaban J connectivity index is 2.29. The Morgan fingerprint density at radius 2 is 1.82 bits per heavy atom. The third-order valence-electron chi connectivity index (χ3n) is 4.14. The Hall–Kier alpha value is -1.06. The van der Waals surface area contributed by atoms with Gasteiger partial charge in [0.1, 0.15) is 5.54 Å². The smallest absolute Gasteiger partial charge is 0.248 e. The first kappa shape index (κ1) is 12.4. The molecular weight excluding hydrogens is 216 g/mol. The van der Waals surface area contributed by atoms with Gasteiger partial charge in [0.25, 0.3) is 0 Å². The molecule has 4 heteroatoms. The van der Waals surface area contributed by atoms with Crippen molar-refractivity contribution in [3.8, 4) is 0 Å². The van der Waals surface area contributed by atoms with Crippen molar-refractivity contribution in [1.29, 1.82) is 0 Å². The van der Waals surface area contributed by atoms with E-state index in [4.69, 9.17) is 0 Å². The molecule has 0 aromatic heterocycles. The molecule has 0 N–H and O–H groups in total. The molecule has 1 unspecified atom stereocenters. The number of rotatable bonds is 1. The molecule has 96 valence electrons. The van der Waals surface area contributed by atoms with Crippen LogP contribution in [0.15, 0.2) is 0 Å². The van der Waals surface area contributed by atoms with Crippen LogP contribution in [-0.2, 0) is 9.59 Å². The summed E-state index contributed by atoms with van der Waals surface area (Å²) in [6.07, 6.45) is 3.65. The molecule has 1 spiro atoms. The number of likely N-dealkylation sites (tertiary alicyclic amines) is 2. The summed E-state index contributed by atoms with van der Waals surface area (Å²) in [5.41, 5.74) is -0.506. The molecule has 0 aromatic carbocycles. The van der Waals surface area contributed by atoms with E-state index in [-0.39, 0.29) is 17.9 Å². The van der Waals surface area contributed by atoms with E-state index in [9.17, 15) is 9.59 Å². The minimum Gasteiger partial charge on any atom is -0.338 e. The number of piperidine rings is 1. The zero-order chi connectivity index (χ0) is 12.6. The molecule has 2 amide bonds. The number of amides is 2. The van der Waals surface area contributed by atoms with Crippen molar-refractivity contribution >= 4 is 11.8 Å². The van der Waals surface area contributed by atoms with Gasteiger partial charge in [-0.2, -0.15) is 0 Å². The number of carbonyl (C=O) groups is 2. The SMILES string of the molecule is CC(=O)N1CCCC12CCCN(C(C)C)C2=O. The van der Waals surface area contributed by atoms with Gasteiger partial charge < -0.3 is 9.80 Å². The standard InChI is InChI=1S/C13H22N2O2/c1-10(2)14-8-4-6-13(12(14)17)7-5-9-15(13)11(3)16/h10H,4-9H2,1-3H3. The van der Waals surface area contributed by atoms with E-state index >= 15 is 0 Å². The zero-order valence-electron chi connectivity index (χ0n) is 11.0. The summed E-state index contributed by atoms with van der Waals surface area (Å²) in [5.74, 6) is 0.216. The second kappa shape index (κ2) is 4.31. The summed E-state index contributed by atoms with van der Waals surface area (Å²) >= 11 is 0. The summed E-state index contributed by atoms with van der Waals surface area (Å²) in [7, 11) is 0. The predicted octanol–water partition coefficient (Wildman–Crippen LogP) is 1.40. The van der Waals surface area contributed by atoms with Crippen molar-refractivity contribution in [2.24, 2.45) is 0 Å². The number of hydrogen-bond donors (Lipinski definition) is 0. The molecule has 2 heterocycles. The van der Waals surface area contributed by atoms with E-state index < -0.39 is 5.54 Å². The topological polar surface area (TPSA) is 40.6 Å². The van der Waals surface area contributed by atoms with Crippen LogP contribution in [-0.4, -0.2) is 46.3 Å². The Bertz CT molecular complexity index is 340. The van der Waals surface area contributed by atoms with Crippen molar-refractivity contribution in [3.63, 3.8) is 0 Å². The lowest BCUT2D eigenvalue weighted by Crippen LogP contribution is -2.62. The van der Waals surface area contributed by atoms with Crippen LogP contribution in [0.25, 0.3) is 0 Å². The molecule has 0 radical (unpaired) electrons. The highest BCUT2D eigenvalue weighted by molar-refractivity contribution is 5.92. The first-order valence-corrected chi connectivity index (χ1v) is 6.58. The molecule has 4 nitrogen and oxygen atoms in total. The van der Waals surface area contributed by atoms with Gasteiger partial charge in [-0.25, -0.2) is 0 Å². The number of nitrogens with zero attached hydrogens (tertiary/aromatic N) is 2. The lowest BCUT2D eigenvalue weighted by atomic mass is 9.84. The molecule has 0 aliphatic carbocycles. The fourth-order valence-corrected chi connectivity index (χ4v) is 3.33. The van der Waals surface area contributed by atoms with E-state index in [1.807, 2.05) is 23.6 Å². The van der Waals surface area contributed by atoms with E-state index in [2.05, 4.69) is 0 Å². The summed E-state index contributed by atoms with van der Waals surface area (Å²) in [6, 6.07) is 0.231. The quantitative estimate of drug-likeness (QED) is 0.693. The van der Waals surface area contributed by atoms with Gasteiger partial charge in [-0.05, 0) is 39.5 Å².